The van der Waals surface area contributed by atoms with E-state index < -0.39 is 0 Å². The molecule has 1 aromatic rings. The maximum atomic E-state index is 14.2. The predicted octanol–water partition coefficient (Wildman–Crippen LogP) is 4.09. The molecule has 0 aromatic heterocycles. The van der Waals surface area contributed by atoms with Crippen LogP contribution in [0, 0.1) is 11.2 Å². The molecule has 25 heavy (non-hydrogen) atoms. The number of hydrogen-bond acceptors (Lipinski definition) is 3. The minimum Gasteiger partial charge on any atom is -0.497 e. The fraction of sp³-hybridized carbons (Fsp3) is 0.619. The normalized spacial score (nSPS) is 25.7. The van der Waals surface area contributed by atoms with Crippen molar-refractivity contribution in [1.29, 1.82) is 0 Å². The Balaban J connectivity index is 1.64. The first-order valence-corrected chi connectivity index (χ1v) is 9.42. The zero-order chi connectivity index (χ0) is 17.9. The highest BCUT2D eigenvalue weighted by atomic mass is 19.1. The van der Waals surface area contributed by atoms with Crippen LogP contribution in [0.3, 0.4) is 0 Å². The first-order chi connectivity index (χ1) is 12.0. The number of halogens is 1. The summed E-state index contributed by atoms with van der Waals surface area (Å²) in [6, 6.07) is 5.05. The summed E-state index contributed by atoms with van der Waals surface area (Å²) in [5, 5.41) is 0. The van der Waals surface area contributed by atoms with Crippen molar-refractivity contribution in [2.24, 2.45) is 5.41 Å². The van der Waals surface area contributed by atoms with Crippen LogP contribution in [-0.4, -0.2) is 49.6 Å². The van der Waals surface area contributed by atoms with E-state index in [2.05, 4.69) is 29.7 Å². The van der Waals surface area contributed by atoms with Gasteiger partial charge in [0.25, 0.3) is 0 Å². The molecule has 2 fully saturated rings. The summed E-state index contributed by atoms with van der Waals surface area (Å²) in [7, 11) is 1.63. The van der Waals surface area contributed by atoms with Gasteiger partial charge in [0.15, 0.2) is 0 Å². The van der Waals surface area contributed by atoms with Crippen molar-refractivity contribution in [3.05, 3.63) is 41.2 Å². The average molecular weight is 346 g/mol. The van der Waals surface area contributed by atoms with Crippen LogP contribution in [0.5, 0.6) is 5.75 Å². The number of nitrogens with zero attached hydrogens (tertiary/aromatic N) is 2. The van der Waals surface area contributed by atoms with Crippen LogP contribution in [0.2, 0.25) is 0 Å². The molecule has 0 aliphatic carbocycles. The molecule has 0 N–H and O–H groups in total. The molecule has 0 amide bonds. The standard InChI is InChI=1S/C21H31FN2O/c1-4-17(2)13-24-11-9-21(16-24)8-5-10-23(15-21)14-18-12-19(25-3)6-7-20(18)22/h4,6-7,12H,5,8-11,13-16H2,1-3H3/b17-4+. The van der Waals surface area contributed by atoms with Crippen molar-refractivity contribution in [3.8, 4) is 5.75 Å². The van der Waals surface area contributed by atoms with Crippen molar-refractivity contribution >= 4 is 0 Å². The molecule has 2 aliphatic rings. The molecule has 1 unspecified atom stereocenters. The van der Waals surface area contributed by atoms with Crippen LogP contribution in [-0.2, 0) is 6.54 Å². The maximum absolute atomic E-state index is 14.2. The number of piperidine rings is 1. The van der Waals surface area contributed by atoms with Crippen LogP contribution >= 0.6 is 0 Å². The molecular formula is C21H31FN2O. The van der Waals surface area contributed by atoms with E-state index in [0.717, 1.165) is 30.9 Å². The van der Waals surface area contributed by atoms with Gasteiger partial charge in [0, 0.05) is 31.7 Å². The molecule has 138 valence electrons. The summed E-state index contributed by atoms with van der Waals surface area (Å²) in [5.74, 6) is 0.606. The number of rotatable bonds is 5. The van der Waals surface area contributed by atoms with Crippen LogP contribution in [0.4, 0.5) is 4.39 Å². The van der Waals surface area contributed by atoms with Gasteiger partial charge in [0.1, 0.15) is 11.6 Å². The Morgan fingerprint density at radius 1 is 1.24 bits per heavy atom. The predicted molar refractivity (Wildman–Crippen MR) is 100 cm³/mol. The van der Waals surface area contributed by atoms with E-state index in [1.165, 1.54) is 44.0 Å². The summed E-state index contributed by atoms with van der Waals surface area (Å²) < 4.78 is 19.4. The van der Waals surface area contributed by atoms with Gasteiger partial charge in [0.05, 0.1) is 7.11 Å². The minimum atomic E-state index is -0.128. The summed E-state index contributed by atoms with van der Waals surface area (Å²) in [6.07, 6.45) is 5.99. The summed E-state index contributed by atoms with van der Waals surface area (Å²) >= 11 is 0. The SMILES string of the molecule is C/C=C(\C)CN1CCC2(CCCN(Cc3cc(OC)ccc3F)C2)C1. The molecule has 2 heterocycles. The van der Waals surface area contributed by atoms with Gasteiger partial charge in [0.2, 0.25) is 0 Å². The first kappa shape index (κ1) is 18.4. The van der Waals surface area contributed by atoms with Gasteiger partial charge in [-0.2, -0.15) is 0 Å². The molecule has 4 heteroatoms. The molecule has 2 aliphatic heterocycles. The third kappa shape index (κ3) is 4.42. The Hall–Kier alpha value is -1.39. The van der Waals surface area contributed by atoms with Gasteiger partial charge in [-0.1, -0.05) is 11.6 Å². The van der Waals surface area contributed by atoms with Crippen LogP contribution in [0.1, 0.15) is 38.7 Å². The second-order valence-electron chi connectivity index (χ2n) is 7.87. The summed E-state index contributed by atoms with van der Waals surface area (Å²) in [4.78, 5) is 5.03. The highest BCUT2D eigenvalue weighted by molar-refractivity contribution is 5.29. The number of ether oxygens (including phenoxy) is 1. The first-order valence-electron chi connectivity index (χ1n) is 9.42. The van der Waals surface area contributed by atoms with Crippen LogP contribution in [0.15, 0.2) is 29.8 Å². The lowest BCUT2D eigenvalue weighted by molar-refractivity contribution is 0.0875. The second-order valence-corrected chi connectivity index (χ2v) is 7.87. The van der Waals surface area contributed by atoms with Gasteiger partial charge in [-0.15, -0.1) is 0 Å². The summed E-state index contributed by atoms with van der Waals surface area (Å²) in [5.41, 5.74) is 2.58. The number of methoxy groups -OCH3 is 1. The van der Waals surface area contributed by atoms with Crippen LogP contribution in [0.25, 0.3) is 0 Å². The molecular weight excluding hydrogens is 315 g/mol. The number of allylic oxidation sites excluding steroid dienone is 1. The van der Waals surface area contributed by atoms with Gasteiger partial charge in [-0.3, -0.25) is 9.80 Å². The van der Waals surface area contributed by atoms with E-state index in [1.807, 2.05) is 6.07 Å². The van der Waals surface area contributed by atoms with Crippen molar-refractivity contribution in [2.45, 2.75) is 39.7 Å². The number of likely N-dealkylation sites (tertiary alicyclic amines) is 2. The van der Waals surface area contributed by atoms with Gasteiger partial charge in [-0.05, 0) is 69.8 Å². The number of hydrogen-bond donors (Lipinski definition) is 0. The Kier molecular flexibility index (Phi) is 5.80. The highest BCUT2D eigenvalue weighted by Gasteiger charge is 2.41. The van der Waals surface area contributed by atoms with E-state index in [9.17, 15) is 4.39 Å². The lowest BCUT2D eigenvalue weighted by atomic mass is 9.79. The smallest absolute Gasteiger partial charge is 0.127 e. The second kappa shape index (κ2) is 7.88. The van der Waals surface area contributed by atoms with Crippen molar-refractivity contribution < 1.29 is 9.13 Å². The Bertz CT molecular complexity index is 630. The van der Waals surface area contributed by atoms with Gasteiger partial charge < -0.3 is 4.74 Å². The molecule has 1 aromatic carbocycles. The Morgan fingerprint density at radius 3 is 2.80 bits per heavy atom. The lowest BCUT2D eigenvalue weighted by Crippen LogP contribution is -2.44. The molecule has 0 bridgehead atoms. The van der Waals surface area contributed by atoms with Crippen molar-refractivity contribution in [1.82, 2.24) is 9.80 Å². The van der Waals surface area contributed by atoms with E-state index in [1.54, 1.807) is 13.2 Å². The van der Waals surface area contributed by atoms with E-state index >= 15 is 0 Å². The molecule has 0 saturated carbocycles. The molecule has 0 radical (unpaired) electrons. The lowest BCUT2D eigenvalue weighted by Gasteiger charge is -2.40. The third-order valence-corrected chi connectivity index (χ3v) is 5.87. The van der Waals surface area contributed by atoms with Gasteiger partial charge >= 0.3 is 0 Å². The quantitative estimate of drug-likeness (QED) is 0.747. The topological polar surface area (TPSA) is 15.7 Å². The van der Waals surface area contributed by atoms with Gasteiger partial charge in [-0.25, -0.2) is 4.39 Å². The monoisotopic (exact) mass is 346 g/mol. The molecule has 1 spiro atoms. The Labute approximate surface area is 151 Å². The fourth-order valence-electron chi connectivity index (χ4n) is 4.43. The molecule has 2 saturated heterocycles. The third-order valence-electron chi connectivity index (χ3n) is 5.87. The van der Waals surface area contributed by atoms with Crippen LogP contribution < -0.4 is 4.74 Å². The summed E-state index contributed by atoms with van der Waals surface area (Å²) in [6.45, 7) is 10.6. The van der Waals surface area contributed by atoms with Crippen molar-refractivity contribution in [3.63, 3.8) is 0 Å². The zero-order valence-corrected chi connectivity index (χ0v) is 15.9. The minimum absolute atomic E-state index is 0.128. The number of benzene rings is 1. The largest absolute Gasteiger partial charge is 0.497 e. The molecule has 3 nitrogen and oxygen atoms in total. The molecule has 1 atom stereocenters. The average Bonchev–Trinajstić information content (AvgIpc) is 2.98. The zero-order valence-electron chi connectivity index (χ0n) is 15.9. The highest BCUT2D eigenvalue weighted by Crippen LogP contribution is 2.39. The fourth-order valence-corrected chi connectivity index (χ4v) is 4.43. The van der Waals surface area contributed by atoms with Crippen molar-refractivity contribution in [2.75, 3.05) is 39.8 Å². The van der Waals surface area contributed by atoms with E-state index in [0.29, 0.717) is 12.0 Å². The van der Waals surface area contributed by atoms with E-state index in [4.69, 9.17) is 4.74 Å². The van der Waals surface area contributed by atoms with E-state index in [-0.39, 0.29) is 5.82 Å². The maximum Gasteiger partial charge on any atom is 0.127 e. The Morgan fingerprint density at radius 2 is 2.04 bits per heavy atom. The molecule has 3 rings (SSSR count).